The summed E-state index contributed by atoms with van der Waals surface area (Å²) in [5.41, 5.74) is 0.911. The van der Waals surface area contributed by atoms with Gasteiger partial charge in [-0.25, -0.2) is 0 Å². The number of ether oxygens (including phenoxy) is 2. The third-order valence-electron chi connectivity index (χ3n) is 3.40. The van der Waals surface area contributed by atoms with Crippen molar-refractivity contribution in [2.45, 2.75) is 6.92 Å². The number of nitrogens with one attached hydrogen (secondary N) is 1. The summed E-state index contributed by atoms with van der Waals surface area (Å²) in [7, 11) is 3.74. The fourth-order valence-corrected chi connectivity index (χ4v) is 2.14. The van der Waals surface area contributed by atoms with Crippen LogP contribution >= 0.6 is 0 Å². The number of methoxy groups -OCH3 is 1. The zero-order valence-corrected chi connectivity index (χ0v) is 12.8. The van der Waals surface area contributed by atoms with E-state index in [1.165, 1.54) is 11.8 Å². The highest BCUT2D eigenvalue weighted by atomic mass is 16.6. The van der Waals surface area contributed by atoms with E-state index in [-0.39, 0.29) is 5.97 Å². The van der Waals surface area contributed by atoms with Crippen LogP contribution in [0.15, 0.2) is 23.3 Å². The van der Waals surface area contributed by atoms with Crippen LogP contribution in [0.4, 0.5) is 0 Å². The Kier molecular flexibility index (Phi) is 5.16. The van der Waals surface area contributed by atoms with E-state index >= 15 is 0 Å². The van der Waals surface area contributed by atoms with E-state index in [2.05, 4.69) is 17.2 Å². The summed E-state index contributed by atoms with van der Waals surface area (Å²) in [5.74, 6) is 0.581. The predicted octanol–water partition coefficient (Wildman–Crippen LogP) is -0.215. The Labute approximate surface area is 124 Å². The molecule has 21 heavy (non-hydrogen) atoms. The average Bonchev–Trinajstić information content (AvgIpc) is 2.47. The van der Waals surface area contributed by atoms with Crippen molar-refractivity contribution in [2.24, 2.45) is 5.10 Å². The summed E-state index contributed by atoms with van der Waals surface area (Å²) in [6, 6.07) is 5.38. The number of carbonyl (C=O) groups excluding carboxylic acids is 1. The van der Waals surface area contributed by atoms with Gasteiger partial charge in [0.15, 0.2) is 11.5 Å². The molecule has 6 heteroatoms. The van der Waals surface area contributed by atoms with Gasteiger partial charge in [0.2, 0.25) is 0 Å². The Hall–Kier alpha value is -2.08. The Bertz CT molecular complexity index is 523. The van der Waals surface area contributed by atoms with E-state index in [4.69, 9.17) is 9.47 Å². The number of carbonyl (C=O) groups is 1. The number of quaternary nitrogens is 1. The fourth-order valence-electron chi connectivity index (χ4n) is 2.14. The van der Waals surface area contributed by atoms with Gasteiger partial charge in [-0.05, 0) is 23.8 Å². The van der Waals surface area contributed by atoms with E-state index < -0.39 is 0 Å². The van der Waals surface area contributed by atoms with Crippen molar-refractivity contribution in [3.8, 4) is 11.5 Å². The molecule has 1 N–H and O–H groups in total. The standard InChI is InChI=1S/C15H21N3O3/c1-12(19)21-14-5-4-13(10-15(14)20-3)11-16-18-8-6-17(2)7-9-18/h4-5,10-11H,6-9H2,1-3H3/p+1/b16-11-. The molecular formula is C15H22N3O3+. The molecule has 0 unspecified atom stereocenters. The molecule has 1 aromatic rings. The van der Waals surface area contributed by atoms with Crippen LogP contribution < -0.4 is 14.4 Å². The lowest BCUT2D eigenvalue weighted by molar-refractivity contribution is -0.884. The SMILES string of the molecule is COc1cc(/C=N\N2CC[NH+](C)CC2)ccc1OC(C)=O. The second kappa shape index (κ2) is 7.08. The lowest BCUT2D eigenvalue weighted by Crippen LogP contribution is -3.11. The minimum Gasteiger partial charge on any atom is -0.493 e. The summed E-state index contributed by atoms with van der Waals surface area (Å²) in [5, 5.41) is 6.55. The topological polar surface area (TPSA) is 55.6 Å². The molecule has 0 atom stereocenters. The smallest absolute Gasteiger partial charge is 0.308 e. The normalized spacial score (nSPS) is 16.2. The van der Waals surface area contributed by atoms with Gasteiger partial charge in [-0.3, -0.25) is 9.80 Å². The van der Waals surface area contributed by atoms with Gasteiger partial charge in [0.05, 0.1) is 46.6 Å². The van der Waals surface area contributed by atoms with Crippen LogP contribution in [0, 0.1) is 0 Å². The molecule has 1 aliphatic rings. The summed E-state index contributed by atoms with van der Waals surface area (Å²) in [6.07, 6.45) is 1.81. The van der Waals surface area contributed by atoms with Gasteiger partial charge in [0, 0.05) is 6.92 Å². The van der Waals surface area contributed by atoms with Gasteiger partial charge in [-0.15, -0.1) is 0 Å². The van der Waals surface area contributed by atoms with Crippen LogP contribution in [0.2, 0.25) is 0 Å². The third-order valence-corrected chi connectivity index (χ3v) is 3.40. The first-order chi connectivity index (χ1) is 10.1. The molecule has 1 aliphatic heterocycles. The second-order valence-electron chi connectivity index (χ2n) is 5.16. The molecule has 1 fully saturated rings. The summed E-state index contributed by atoms with van der Waals surface area (Å²) < 4.78 is 10.3. The Balaban J connectivity index is 2.05. The van der Waals surface area contributed by atoms with E-state index in [9.17, 15) is 4.79 Å². The van der Waals surface area contributed by atoms with E-state index in [0.717, 1.165) is 31.7 Å². The first-order valence-electron chi connectivity index (χ1n) is 7.05. The number of nitrogens with zero attached hydrogens (tertiary/aromatic N) is 2. The summed E-state index contributed by atoms with van der Waals surface area (Å²) >= 11 is 0. The van der Waals surface area contributed by atoms with Crippen molar-refractivity contribution >= 4 is 12.2 Å². The first kappa shape index (κ1) is 15.3. The maximum absolute atomic E-state index is 11.0. The summed E-state index contributed by atoms with van der Waals surface area (Å²) in [4.78, 5) is 12.5. The van der Waals surface area contributed by atoms with Crippen LogP contribution in [-0.2, 0) is 4.79 Å². The Morgan fingerprint density at radius 3 is 2.67 bits per heavy atom. The molecule has 0 amide bonds. The minimum atomic E-state index is -0.366. The maximum atomic E-state index is 11.0. The van der Waals surface area contributed by atoms with Gasteiger partial charge >= 0.3 is 5.97 Å². The molecule has 0 bridgehead atoms. The van der Waals surface area contributed by atoms with Crippen molar-refractivity contribution in [1.29, 1.82) is 0 Å². The number of piperazine rings is 1. The molecule has 0 aromatic heterocycles. The largest absolute Gasteiger partial charge is 0.493 e. The highest BCUT2D eigenvalue weighted by molar-refractivity contribution is 5.81. The number of esters is 1. The van der Waals surface area contributed by atoms with Crippen molar-refractivity contribution in [2.75, 3.05) is 40.3 Å². The van der Waals surface area contributed by atoms with Gasteiger partial charge in [-0.1, -0.05) is 0 Å². The molecule has 1 saturated heterocycles. The molecule has 0 spiro atoms. The van der Waals surface area contributed by atoms with Gasteiger partial charge < -0.3 is 14.4 Å². The molecule has 114 valence electrons. The lowest BCUT2D eigenvalue weighted by atomic mass is 10.2. The third kappa shape index (κ3) is 4.46. The molecule has 0 saturated carbocycles. The Morgan fingerprint density at radius 1 is 1.33 bits per heavy atom. The van der Waals surface area contributed by atoms with Gasteiger partial charge in [-0.2, -0.15) is 5.10 Å². The number of likely N-dealkylation sites (N-methyl/N-ethyl adjacent to an activating group) is 1. The van der Waals surface area contributed by atoms with Crippen molar-refractivity contribution in [3.63, 3.8) is 0 Å². The van der Waals surface area contributed by atoms with Crippen molar-refractivity contribution in [3.05, 3.63) is 23.8 Å². The number of hydrogen-bond donors (Lipinski definition) is 1. The fraction of sp³-hybridized carbons (Fsp3) is 0.467. The zero-order valence-electron chi connectivity index (χ0n) is 12.8. The molecule has 1 aromatic carbocycles. The quantitative estimate of drug-likeness (QED) is 0.474. The summed E-state index contributed by atoms with van der Waals surface area (Å²) in [6.45, 7) is 5.50. The number of benzene rings is 1. The molecule has 6 nitrogen and oxygen atoms in total. The lowest BCUT2D eigenvalue weighted by Gasteiger charge is -2.27. The van der Waals surface area contributed by atoms with Crippen LogP contribution in [-0.4, -0.2) is 57.5 Å². The second-order valence-corrected chi connectivity index (χ2v) is 5.16. The predicted molar refractivity (Wildman–Crippen MR) is 80.1 cm³/mol. The highest BCUT2D eigenvalue weighted by Crippen LogP contribution is 2.27. The molecule has 0 radical (unpaired) electrons. The monoisotopic (exact) mass is 292 g/mol. The van der Waals surface area contributed by atoms with Crippen molar-refractivity contribution < 1.29 is 19.2 Å². The maximum Gasteiger partial charge on any atom is 0.308 e. The van der Waals surface area contributed by atoms with Crippen LogP contribution in [0.3, 0.4) is 0 Å². The highest BCUT2D eigenvalue weighted by Gasteiger charge is 2.14. The molecular weight excluding hydrogens is 270 g/mol. The van der Waals surface area contributed by atoms with Crippen LogP contribution in [0.1, 0.15) is 12.5 Å². The van der Waals surface area contributed by atoms with E-state index in [0.29, 0.717) is 11.5 Å². The average molecular weight is 292 g/mol. The van der Waals surface area contributed by atoms with E-state index in [1.807, 2.05) is 12.1 Å². The minimum absolute atomic E-state index is 0.366. The number of hydrazone groups is 1. The van der Waals surface area contributed by atoms with Gasteiger partial charge in [0.25, 0.3) is 0 Å². The number of rotatable bonds is 4. The number of hydrogen-bond acceptors (Lipinski definition) is 5. The van der Waals surface area contributed by atoms with E-state index in [1.54, 1.807) is 19.4 Å². The molecule has 2 rings (SSSR count). The van der Waals surface area contributed by atoms with Crippen LogP contribution in [0.25, 0.3) is 0 Å². The molecule has 1 heterocycles. The zero-order chi connectivity index (χ0) is 15.2. The molecule has 0 aliphatic carbocycles. The van der Waals surface area contributed by atoms with Gasteiger partial charge in [0.1, 0.15) is 0 Å². The van der Waals surface area contributed by atoms with Crippen LogP contribution in [0.5, 0.6) is 11.5 Å². The van der Waals surface area contributed by atoms with Crippen molar-refractivity contribution in [1.82, 2.24) is 5.01 Å². The Morgan fingerprint density at radius 2 is 2.05 bits per heavy atom. The first-order valence-corrected chi connectivity index (χ1v) is 7.05.